The maximum atomic E-state index is 4.05. The van der Waals surface area contributed by atoms with E-state index < -0.39 is 0 Å². The molecular formula is C15H24N4. The van der Waals surface area contributed by atoms with Crippen LogP contribution in [0.25, 0.3) is 0 Å². The molecule has 0 fully saturated rings. The van der Waals surface area contributed by atoms with Crippen molar-refractivity contribution in [1.29, 1.82) is 0 Å². The molecule has 0 saturated carbocycles. The van der Waals surface area contributed by atoms with Crippen molar-refractivity contribution < 1.29 is 0 Å². The molecule has 0 spiro atoms. The lowest BCUT2D eigenvalue weighted by Crippen LogP contribution is -1.95. The van der Waals surface area contributed by atoms with Crippen molar-refractivity contribution in [3.8, 4) is 0 Å². The van der Waals surface area contributed by atoms with E-state index in [1.807, 2.05) is 37.4 Å². The second-order valence-corrected chi connectivity index (χ2v) is 5.08. The molecule has 2 heterocycles. The van der Waals surface area contributed by atoms with Crippen molar-refractivity contribution in [1.82, 2.24) is 19.1 Å². The molecule has 0 radical (unpaired) electrons. The van der Waals surface area contributed by atoms with Gasteiger partial charge in [0, 0.05) is 37.9 Å². The zero-order valence-electron chi connectivity index (χ0n) is 11.6. The first-order chi connectivity index (χ1) is 9.45. The predicted octanol–water partition coefficient (Wildman–Crippen LogP) is 3.51. The summed E-state index contributed by atoms with van der Waals surface area (Å²) >= 11 is 0. The van der Waals surface area contributed by atoms with Crippen LogP contribution in [0.2, 0.25) is 0 Å². The first-order valence-corrected chi connectivity index (χ1v) is 7.36. The molecule has 0 saturated heterocycles. The van der Waals surface area contributed by atoms with Crippen LogP contribution in [0.5, 0.6) is 0 Å². The third-order valence-electron chi connectivity index (χ3n) is 3.45. The Bertz CT molecular complexity index is 365. The zero-order valence-corrected chi connectivity index (χ0v) is 11.6. The summed E-state index contributed by atoms with van der Waals surface area (Å²) in [4.78, 5) is 8.10. The highest BCUT2D eigenvalue weighted by atomic mass is 15.0. The highest BCUT2D eigenvalue weighted by Gasteiger charge is 1.94. The van der Waals surface area contributed by atoms with Gasteiger partial charge in [-0.15, -0.1) is 0 Å². The number of hydrogen-bond acceptors (Lipinski definition) is 2. The van der Waals surface area contributed by atoms with Gasteiger partial charge in [0.25, 0.3) is 0 Å². The third kappa shape index (κ3) is 5.73. The first kappa shape index (κ1) is 13.8. The molecule has 0 unspecified atom stereocenters. The number of nitrogens with zero attached hydrogens (tertiary/aromatic N) is 4. The Morgan fingerprint density at radius 3 is 1.37 bits per heavy atom. The van der Waals surface area contributed by atoms with Crippen LogP contribution in [0.3, 0.4) is 0 Å². The van der Waals surface area contributed by atoms with Crippen LogP contribution in [0, 0.1) is 0 Å². The van der Waals surface area contributed by atoms with Gasteiger partial charge < -0.3 is 9.13 Å². The normalized spacial score (nSPS) is 10.9. The average Bonchev–Trinajstić information content (AvgIpc) is 3.10. The van der Waals surface area contributed by atoms with E-state index in [0.29, 0.717) is 0 Å². The van der Waals surface area contributed by atoms with Gasteiger partial charge in [-0.2, -0.15) is 0 Å². The second-order valence-electron chi connectivity index (χ2n) is 5.08. The molecule has 0 aliphatic carbocycles. The van der Waals surface area contributed by atoms with Gasteiger partial charge in [0.05, 0.1) is 12.7 Å². The van der Waals surface area contributed by atoms with Gasteiger partial charge in [-0.25, -0.2) is 9.97 Å². The van der Waals surface area contributed by atoms with Crippen LogP contribution in [0.1, 0.15) is 44.9 Å². The van der Waals surface area contributed by atoms with E-state index in [0.717, 1.165) is 13.1 Å². The predicted molar refractivity (Wildman–Crippen MR) is 76.8 cm³/mol. The lowest BCUT2D eigenvalue weighted by molar-refractivity contribution is 0.528. The fourth-order valence-electron chi connectivity index (χ4n) is 2.31. The van der Waals surface area contributed by atoms with E-state index in [-0.39, 0.29) is 0 Å². The smallest absolute Gasteiger partial charge is 0.0945 e. The summed E-state index contributed by atoms with van der Waals surface area (Å²) in [7, 11) is 0. The number of aromatic nitrogens is 4. The number of rotatable bonds is 10. The Morgan fingerprint density at radius 2 is 1.00 bits per heavy atom. The average molecular weight is 260 g/mol. The van der Waals surface area contributed by atoms with E-state index in [1.165, 1.54) is 44.9 Å². The van der Waals surface area contributed by atoms with Crippen LogP contribution < -0.4 is 0 Å². The lowest BCUT2D eigenvalue weighted by atomic mass is 10.1. The van der Waals surface area contributed by atoms with Crippen molar-refractivity contribution in [2.75, 3.05) is 0 Å². The quantitative estimate of drug-likeness (QED) is 0.613. The van der Waals surface area contributed by atoms with Gasteiger partial charge in [-0.1, -0.05) is 32.1 Å². The van der Waals surface area contributed by atoms with Gasteiger partial charge in [-0.05, 0) is 12.8 Å². The molecule has 0 amide bonds. The molecule has 0 aliphatic rings. The van der Waals surface area contributed by atoms with Crippen LogP contribution in [0.4, 0.5) is 0 Å². The summed E-state index contributed by atoms with van der Waals surface area (Å²) in [5, 5.41) is 0. The molecule has 4 nitrogen and oxygen atoms in total. The molecule has 0 aromatic carbocycles. The van der Waals surface area contributed by atoms with Gasteiger partial charge in [0.1, 0.15) is 0 Å². The van der Waals surface area contributed by atoms with Crippen LogP contribution in [-0.4, -0.2) is 19.1 Å². The fraction of sp³-hybridized carbons (Fsp3) is 0.600. The summed E-state index contributed by atoms with van der Waals surface area (Å²) in [5.74, 6) is 0. The molecule has 19 heavy (non-hydrogen) atoms. The Balaban J connectivity index is 1.36. The van der Waals surface area contributed by atoms with Crippen molar-refractivity contribution >= 4 is 0 Å². The van der Waals surface area contributed by atoms with E-state index in [1.54, 1.807) is 0 Å². The zero-order chi connectivity index (χ0) is 13.2. The van der Waals surface area contributed by atoms with Crippen molar-refractivity contribution in [3.63, 3.8) is 0 Å². The summed E-state index contributed by atoms with van der Waals surface area (Å²) < 4.78 is 4.32. The van der Waals surface area contributed by atoms with E-state index in [9.17, 15) is 0 Å². The topological polar surface area (TPSA) is 35.6 Å². The van der Waals surface area contributed by atoms with E-state index in [2.05, 4.69) is 19.1 Å². The van der Waals surface area contributed by atoms with Gasteiger partial charge >= 0.3 is 0 Å². The van der Waals surface area contributed by atoms with Crippen LogP contribution >= 0.6 is 0 Å². The highest BCUT2D eigenvalue weighted by molar-refractivity contribution is 4.74. The maximum absolute atomic E-state index is 4.05. The molecule has 0 atom stereocenters. The van der Waals surface area contributed by atoms with Gasteiger partial charge in [0.15, 0.2) is 0 Å². The fourth-order valence-corrected chi connectivity index (χ4v) is 2.31. The molecule has 2 rings (SSSR count). The molecular weight excluding hydrogens is 236 g/mol. The number of aryl methyl sites for hydroxylation is 2. The Morgan fingerprint density at radius 1 is 0.579 bits per heavy atom. The number of unbranched alkanes of at least 4 members (excludes halogenated alkanes) is 6. The van der Waals surface area contributed by atoms with E-state index in [4.69, 9.17) is 0 Å². The minimum atomic E-state index is 1.11. The molecule has 2 aromatic rings. The largest absolute Gasteiger partial charge is 0.337 e. The Labute approximate surface area is 115 Å². The molecule has 0 N–H and O–H groups in total. The molecule has 0 bridgehead atoms. The SMILES string of the molecule is c1cn(CCCCCCCCCn2ccnc2)cn1. The summed E-state index contributed by atoms with van der Waals surface area (Å²) in [6, 6.07) is 0. The van der Waals surface area contributed by atoms with Crippen LogP contribution in [-0.2, 0) is 13.1 Å². The molecule has 0 aliphatic heterocycles. The maximum Gasteiger partial charge on any atom is 0.0945 e. The minimum Gasteiger partial charge on any atom is -0.337 e. The second kappa shape index (κ2) is 8.51. The highest BCUT2D eigenvalue weighted by Crippen LogP contribution is 2.08. The lowest BCUT2D eigenvalue weighted by Gasteiger charge is -2.04. The summed E-state index contributed by atoms with van der Waals surface area (Å²) in [6.45, 7) is 2.22. The molecule has 4 heteroatoms. The standard InChI is InChI=1S/C15H24N4/c1(2-4-6-10-18-12-8-16-14-18)3-5-7-11-19-13-9-17-15-19/h8-9,12-15H,1-7,10-11H2. The Kier molecular flexibility index (Phi) is 6.20. The monoisotopic (exact) mass is 260 g/mol. The number of imidazole rings is 2. The van der Waals surface area contributed by atoms with Crippen molar-refractivity contribution in [2.45, 2.75) is 58.0 Å². The third-order valence-corrected chi connectivity index (χ3v) is 3.45. The van der Waals surface area contributed by atoms with Crippen molar-refractivity contribution in [3.05, 3.63) is 37.4 Å². The van der Waals surface area contributed by atoms with E-state index >= 15 is 0 Å². The number of hydrogen-bond donors (Lipinski definition) is 0. The summed E-state index contributed by atoms with van der Waals surface area (Å²) in [6.07, 6.45) is 20.9. The van der Waals surface area contributed by atoms with Gasteiger partial charge in [0.2, 0.25) is 0 Å². The molecule has 2 aromatic heterocycles. The summed E-state index contributed by atoms with van der Waals surface area (Å²) in [5.41, 5.74) is 0. The van der Waals surface area contributed by atoms with Crippen LogP contribution in [0.15, 0.2) is 37.4 Å². The van der Waals surface area contributed by atoms with Gasteiger partial charge in [-0.3, -0.25) is 0 Å². The molecule has 104 valence electrons. The Hall–Kier alpha value is -1.58. The minimum absolute atomic E-state index is 1.11. The first-order valence-electron chi connectivity index (χ1n) is 7.36. The van der Waals surface area contributed by atoms with Crippen molar-refractivity contribution in [2.24, 2.45) is 0 Å².